The van der Waals surface area contributed by atoms with Gasteiger partial charge in [-0.05, 0) is 24.6 Å². The molecular formula is C16H19FN4O4S2. The molecule has 0 atom stereocenters. The molecule has 3 amide bonds. The summed E-state index contributed by atoms with van der Waals surface area (Å²) in [6, 6.07) is 3.21. The van der Waals surface area contributed by atoms with Gasteiger partial charge in [-0.25, -0.2) is 22.6 Å². The van der Waals surface area contributed by atoms with Crippen molar-refractivity contribution in [3.8, 4) is 10.4 Å². The number of nitrogens with one attached hydrogen (secondary N) is 2. The van der Waals surface area contributed by atoms with E-state index in [-0.39, 0.29) is 22.5 Å². The predicted molar refractivity (Wildman–Crippen MR) is 101 cm³/mol. The van der Waals surface area contributed by atoms with Crippen LogP contribution in [0.15, 0.2) is 23.1 Å². The number of thiazole rings is 1. The minimum Gasteiger partial charge on any atom is -0.347 e. The zero-order valence-electron chi connectivity index (χ0n) is 15.2. The largest absolute Gasteiger partial charge is 0.347 e. The Hall–Kier alpha value is -2.53. The molecular weight excluding hydrogens is 395 g/mol. The third-order valence-electron chi connectivity index (χ3n) is 3.51. The van der Waals surface area contributed by atoms with E-state index < -0.39 is 21.7 Å². The van der Waals surface area contributed by atoms with Crippen LogP contribution in [0.1, 0.15) is 5.69 Å². The van der Waals surface area contributed by atoms with Crippen molar-refractivity contribution in [2.75, 3.05) is 32.2 Å². The highest BCUT2D eigenvalue weighted by Gasteiger charge is 2.17. The summed E-state index contributed by atoms with van der Waals surface area (Å²) >= 11 is 1.11. The molecule has 0 spiro atoms. The molecule has 27 heavy (non-hydrogen) atoms. The minimum absolute atomic E-state index is 0.159. The highest BCUT2D eigenvalue weighted by molar-refractivity contribution is 7.90. The third kappa shape index (κ3) is 5.23. The maximum Gasteiger partial charge on any atom is 0.321 e. The number of carbonyl (C=O) groups excluding carboxylic acids is 2. The second-order valence-corrected chi connectivity index (χ2v) is 8.93. The first-order chi connectivity index (χ1) is 12.5. The molecule has 8 nitrogen and oxygen atoms in total. The normalized spacial score (nSPS) is 11.1. The smallest absolute Gasteiger partial charge is 0.321 e. The fourth-order valence-corrected chi connectivity index (χ4v) is 3.80. The summed E-state index contributed by atoms with van der Waals surface area (Å²) in [6.07, 6.45) is 0.935. The second kappa shape index (κ2) is 8.01. The molecule has 2 N–H and O–H groups in total. The highest BCUT2D eigenvalue weighted by atomic mass is 32.2. The van der Waals surface area contributed by atoms with Gasteiger partial charge in [-0.15, -0.1) is 0 Å². The van der Waals surface area contributed by atoms with Crippen LogP contribution in [0.5, 0.6) is 0 Å². The van der Waals surface area contributed by atoms with Gasteiger partial charge < -0.3 is 10.2 Å². The first-order valence-electron chi connectivity index (χ1n) is 7.71. The van der Waals surface area contributed by atoms with Crippen LogP contribution in [0.4, 0.5) is 14.3 Å². The summed E-state index contributed by atoms with van der Waals surface area (Å²) in [5, 5.41) is 5.20. The number of rotatable bonds is 5. The Balaban J connectivity index is 2.16. The lowest BCUT2D eigenvalue weighted by molar-refractivity contribution is -0.127. The standard InChI is InChI=1S/C16H19FN4O4S2/c1-9-14(10-5-6-12(11(17)7-10)27(4,24)25)26-16(19-9)20-15(23)18-8-13(22)21(2)3/h5-7H,8H2,1-4H3,(H2,18,19,20,23). The number of nitrogens with zero attached hydrogens (tertiary/aromatic N) is 2. The third-order valence-corrected chi connectivity index (χ3v) is 5.76. The first-order valence-corrected chi connectivity index (χ1v) is 10.4. The molecule has 0 saturated heterocycles. The van der Waals surface area contributed by atoms with Crippen molar-refractivity contribution in [3.63, 3.8) is 0 Å². The predicted octanol–water partition coefficient (Wildman–Crippen LogP) is 1.87. The fraction of sp³-hybridized carbons (Fsp3) is 0.312. The average molecular weight is 414 g/mol. The molecule has 2 rings (SSSR count). The molecule has 0 fully saturated rings. The Kier molecular flexibility index (Phi) is 6.16. The van der Waals surface area contributed by atoms with E-state index in [0.29, 0.717) is 16.1 Å². The minimum atomic E-state index is -3.66. The molecule has 11 heteroatoms. The van der Waals surface area contributed by atoms with Gasteiger partial charge in [-0.3, -0.25) is 10.1 Å². The van der Waals surface area contributed by atoms with E-state index in [1.165, 1.54) is 17.0 Å². The number of aromatic nitrogens is 1. The number of sulfone groups is 1. The maximum atomic E-state index is 14.1. The van der Waals surface area contributed by atoms with Gasteiger partial charge in [-0.1, -0.05) is 17.4 Å². The number of likely N-dealkylation sites (N-methyl/N-ethyl adjacent to an activating group) is 1. The maximum absolute atomic E-state index is 14.1. The lowest BCUT2D eigenvalue weighted by Crippen LogP contribution is -2.38. The molecule has 1 aromatic heterocycles. The molecule has 0 bridgehead atoms. The number of urea groups is 1. The first kappa shape index (κ1) is 20.8. The molecule has 1 aromatic carbocycles. The van der Waals surface area contributed by atoms with Gasteiger partial charge in [0.25, 0.3) is 0 Å². The van der Waals surface area contributed by atoms with E-state index >= 15 is 0 Å². The summed E-state index contributed by atoms with van der Waals surface area (Å²) < 4.78 is 37.1. The summed E-state index contributed by atoms with van der Waals surface area (Å²) in [4.78, 5) is 29.1. The van der Waals surface area contributed by atoms with Crippen molar-refractivity contribution in [3.05, 3.63) is 29.7 Å². The Morgan fingerprint density at radius 3 is 2.52 bits per heavy atom. The van der Waals surface area contributed by atoms with E-state index in [1.54, 1.807) is 21.0 Å². The van der Waals surface area contributed by atoms with Gasteiger partial charge in [0.15, 0.2) is 15.0 Å². The lowest BCUT2D eigenvalue weighted by atomic mass is 10.1. The van der Waals surface area contributed by atoms with Crippen molar-refractivity contribution < 1.29 is 22.4 Å². The van der Waals surface area contributed by atoms with Gasteiger partial charge in [0.1, 0.15) is 10.7 Å². The topological polar surface area (TPSA) is 108 Å². The molecule has 0 aliphatic carbocycles. The van der Waals surface area contributed by atoms with Crippen molar-refractivity contribution in [1.82, 2.24) is 15.2 Å². The highest BCUT2D eigenvalue weighted by Crippen LogP contribution is 2.34. The van der Waals surface area contributed by atoms with E-state index in [2.05, 4.69) is 15.6 Å². The SMILES string of the molecule is Cc1nc(NC(=O)NCC(=O)N(C)C)sc1-c1ccc(S(C)(=O)=O)c(F)c1. The Labute approximate surface area is 160 Å². The summed E-state index contributed by atoms with van der Waals surface area (Å²) in [5.74, 6) is -1.11. The van der Waals surface area contributed by atoms with Crippen LogP contribution in [-0.2, 0) is 14.6 Å². The van der Waals surface area contributed by atoms with E-state index in [1.807, 2.05) is 0 Å². The Bertz CT molecular complexity index is 986. The van der Waals surface area contributed by atoms with E-state index in [4.69, 9.17) is 0 Å². The van der Waals surface area contributed by atoms with Gasteiger partial charge in [0.2, 0.25) is 5.91 Å². The van der Waals surface area contributed by atoms with Crippen LogP contribution >= 0.6 is 11.3 Å². The molecule has 0 aliphatic rings. The number of hydrogen-bond donors (Lipinski definition) is 2. The molecule has 0 aliphatic heterocycles. The molecule has 0 radical (unpaired) electrons. The average Bonchev–Trinajstić information content (AvgIpc) is 2.91. The molecule has 0 unspecified atom stereocenters. The Morgan fingerprint density at radius 1 is 1.30 bits per heavy atom. The van der Waals surface area contributed by atoms with Crippen LogP contribution in [0, 0.1) is 12.7 Å². The molecule has 1 heterocycles. The number of amides is 3. The number of benzene rings is 1. The number of hydrogen-bond acceptors (Lipinski definition) is 6. The van der Waals surface area contributed by atoms with E-state index in [0.717, 1.165) is 23.7 Å². The van der Waals surface area contributed by atoms with Gasteiger partial charge in [-0.2, -0.15) is 0 Å². The van der Waals surface area contributed by atoms with Gasteiger partial charge in [0.05, 0.1) is 17.1 Å². The van der Waals surface area contributed by atoms with Crippen LogP contribution in [-0.4, -0.2) is 57.1 Å². The number of aryl methyl sites for hydroxylation is 1. The van der Waals surface area contributed by atoms with Crippen LogP contribution in [0.25, 0.3) is 10.4 Å². The summed E-state index contributed by atoms with van der Waals surface area (Å²) in [5.41, 5.74) is 0.998. The summed E-state index contributed by atoms with van der Waals surface area (Å²) in [7, 11) is -0.504. The van der Waals surface area contributed by atoms with Crippen LogP contribution in [0.3, 0.4) is 0 Å². The Morgan fingerprint density at radius 2 is 1.96 bits per heavy atom. The molecule has 2 aromatic rings. The van der Waals surface area contributed by atoms with Crippen molar-refractivity contribution in [1.29, 1.82) is 0 Å². The quantitative estimate of drug-likeness (QED) is 0.776. The van der Waals surface area contributed by atoms with Gasteiger partial charge in [0, 0.05) is 20.4 Å². The van der Waals surface area contributed by atoms with Crippen molar-refractivity contribution in [2.24, 2.45) is 0 Å². The monoisotopic (exact) mass is 414 g/mol. The van der Waals surface area contributed by atoms with Crippen LogP contribution in [0.2, 0.25) is 0 Å². The zero-order valence-corrected chi connectivity index (χ0v) is 16.8. The van der Waals surface area contributed by atoms with Crippen molar-refractivity contribution in [2.45, 2.75) is 11.8 Å². The fourth-order valence-electron chi connectivity index (χ4n) is 2.12. The second-order valence-electron chi connectivity index (χ2n) is 5.95. The number of anilines is 1. The van der Waals surface area contributed by atoms with Crippen molar-refractivity contribution >= 4 is 38.2 Å². The summed E-state index contributed by atoms with van der Waals surface area (Å²) in [6.45, 7) is 1.53. The number of halogens is 1. The van der Waals surface area contributed by atoms with E-state index in [9.17, 15) is 22.4 Å². The molecule has 146 valence electrons. The number of carbonyl (C=O) groups is 2. The van der Waals surface area contributed by atoms with Crippen LogP contribution < -0.4 is 10.6 Å². The molecule has 0 saturated carbocycles. The lowest BCUT2D eigenvalue weighted by Gasteiger charge is -2.10. The van der Waals surface area contributed by atoms with Gasteiger partial charge >= 0.3 is 6.03 Å². The zero-order chi connectivity index (χ0) is 20.4.